The fraction of sp³-hybridized carbons (Fsp3) is 0.304. The zero-order valence-electron chi connectivity index (χ0n) is 33.5. The summed E-state index contributed by atoms with van der Waals surface area (Å²) in [6.45, 7) is 20.7. The van der Waals surface area contributed by atoms with Gasteiger partial charge in [-0.25, -0.2) is 0 Å². The number of hydrogen-bond acceptors (Lipinski definition) is 8. The summed E-state index contributed by atoms with van der Waals surface area (Å²) in [4.78, 5) is 6.46. The Labute approximate surface area is 338 Å². The van der Waals surface area contributed by atoms with Gasteiger partial charge in [-0.2, -0.15) is 0 Å². The van der Waals surface area contributed by atoms with Crippen LogP contribution in [0.5, 0.6) is 11.5 Å². The molecule has 2 N–H and O–H groups in total. The first-order valence-corrected chi connectivity index (χ1v) is 20.7. The van der Waals surface area contributed by atoms with Crippen molar-refractivity contribution in [2.45, 2.75) is 105 Å². The molecule has 8 nitrogen and oxygen atoms in total. The van der Waals surface area contributed by atoms with Crippen LogP contribution in [0.25, 0.3) is 33.4 Å². The fourth-order valence-corrected chi connectivity index (χ4v) is 8.78. The van der Waals surface area contributed by atoms with Crippen LogP contribution >= 0.6 is 23.5 Å². The molecule has 0 amide bonds. The minimum atomic E-state index is -0.210. The Morgan fingerprint density at radius 2 is 1.09 bits per heavy atom. The van der Waals surface area contributed by atoms with Crippen molar-refractivity contribution in [1.29, 1.82) is 0 Å². The van der Waals surface area contributed by atoms with Crippen molar-refractivity contribution in [2.24, 2.45) is 0 Å². The van der Waals surface area contributed by atoms with Gasteiger partial charge in [-0.05, 0) is 121 Å². The molecule has 0 aliphatic carbocycles. The third-order valence-corrected chi connectivity index (χ3v) is 12.1. The number of fused-ring (bicyclic) bond motifs is 2. The van der Waals surface area contributed by atoms with Crippen LogP contribution in [0.4, 0.5) is 0 Å². The average Bonchev–Trinajstić information content (AvgIpc) is 3.76. The molecule has 0 unspecified atom stereocenters. The summed E-state index contributed by atoms with van der Waals surface area (Å²) >= 11 is 3.49. The van der Waals surface area contributed by atoms with Crippen molar-refractivity contribution in [2.75, 3.05) is 0 Å². The van der Waals surface area contributed by atoms with Crippen molar-refractivity contribution in [1.82, 2.24) is 30.0 Å². The van der Waals surface area contributed by atoms with E-state index in [4.69, 9.17) is 15.3 Å². The van der Waals surface area contributed by atoms with Crippen molar-refractivity contribution in [3.05, 3.63) is 125 Å². The number of aromatic hydroxyl groups is 2. The van der Waals surface area contributed by atoms with Gasteiger partial charge in [0, 0.05) is 31.1 Å². The van der Waals surface area contributed by atoms with Gasteiger partial charge in [-0.15, -0.1) is 48.3 Å². The van der Waals surface area contributed by atoms with E-state index in [0.717, 1.165) is 78.3 Å². The summed E-state index contributed by atoms with van der Waals surface area (Å²) < 4.78 is 0. The lowest BCUT2D eigenvalue weighted by molar-refractivity contribution is 0.439. The normalized spacial score (nSPS) is 12.8. The molecule has 7 aromatic rings. The van der Waals surface area contributed by atoms with E-state index in [9.17, 15) is 10.2 Å². The molecule has 0 aliphatic heterocycles. The number of aryl methyl sites for hydroxylation is 3. The van der Waals surface area contributed by atoms with Gasteiger partial charge in [0.15, 0.2) is 0 Å². The molecular weight excluding hydrogens is 733 g/mol. The second-order valence-electron chi connectivity index (χ2n) is 16.7. The fourth-order valence-electron chi connectivity index (χ4n) is 6.88. The SMILES string of the molecule is C=C[C@H](CCCc1ccc(Sc2ccc3nn(-c4cc(C)cc(C(C)(C)C)c4O)nc3c2)cc1)Sc1ccc2nn(-c3cc(C)cc(C(C)(C)C)c3O)nc2c1. The summed E-state index contributed by atoms with van der Waals surface area (Å²) in [5, 5.41) is 41.4. The molecule has 288 valence electrons. The highest BCUT2D eigenvalue weighted by molar-refractivity contribution is 8.00. The first-order chi connectivity index (χ1) is 26.5. The summed E-state index contributed by atoms with van der Waals surface area (Å²) in [6, 6.07) is 29.0. The standard InChI is InChI=1S/C46H50N6O2S2/c1-10-31(55-33-18-20-37-39(26-33)49-51(47-37)41-24-28(2)22-35(43(41)53)45(4,5)6)13-11-12-30-14-16-32(17-15-30)56-34-19-21-38-40(27-34)50-52(48-38)42-25-29(3)23-36(44(42)54)46(7,8)9/h10,14-27,31,53-54H,1,11-13H2,2-9H3/t31-/m1/s1. The summed E-state index contributed by atoms with van der Waals surface area (Å²) in [5.41, 5.74) is 9.06. The minimum absolute atomic E-state index is 0.209. The Kier molecular flexibility index (Phi) is 10.8. The van der Waals surface area contributed by atoms with Crippen LogP contribution in [0.2, 0.25) is 0 Å². The molecule has 0 saturated carbocycles. The van der Waals surface area contributed by atoms with Crippen molar-refractivity contribution in [3.63, 3.8) is 0 Å². The van der Waals surface area contributed by atoms with Crippen LogP contribution in [-0.4, -0.2) is 45.5 Å². The molecule has 7 rings (SSSR count). The number of hydrogen-bond donors (Lipinski definition) is 2. The van der Waals surface area contributed by atoms with E-state index >= 15 is 0 Å². The first-order valence-electron chi connectivity index (χ1n) is 19.0. The molecule has 2 aromatic heterocycles. The third kappa shape index (κ3) is 8.51. The Hall–Kier alpha value is -5.06. The Morgan fingerprint density at radius 3 is 1.59 bits per heavy atom. The van der Waals surface area contributed by atoms with Crippen molar-refractivity contribution >= 4 is 45.6 Å². The molecular formula is C46H50N6O2S2. The first kappa shape index (κ1) is 39.2. The maximum absolute atomic E-state index is 11.1. The minimum Gasteiger partial charge on any atom is -0.505 e. The zero-order chi connectivity index (χ0) is 39.9. The van der Waals surface area contributed by atoms with E-state index in [1.54, 1.807) is 33.1 Å². The zero-order valence-corrected chi connectivity index (χ0v) is 35.1. The van der Waals surface area contributed by atoms with Gasteiger partial charge in [-0.3, -0.25) is 0 Å². The maximum atomic E-state index is 11.1. The predicted molar refractivity (Wildman–Crippen MR) is 231 cm³/mol. The van der Waals surface area contributed by atoms with E-state index in [0.29, 0.717) is 11.4 Å². The van der Waals surface area contributed by atoms with Crippen LogP contribution in [0.1, 0.15) is 82.2 Å². The smallest absolute Gasteiger partial charge is 0.146 e. The van der Waals surface area contributed by atoms with Gasteiger partial charge in [0.25, 0.3) is 0 Å². The van der Waals surface area contributed by atoms with E-state index < -0.39 is 0 Å². The summed E-state index contributed by atoms with van der Waals surface area (Å²) in [7, 11) is 0. The molecule has 0 fully saturated rings. The molecule has 56 heavy (non-hydrogen) atoms. The number of phenols is 2. The van der Waals surface area contributed by atoms with E-state index in [1.807, 2.05) is 56.3 Å². The molecule has 2 heterocycles. The van der Waals surface area contributed by atoms with E-state index in [2.05, 4.69) is 102 Å². The van der Waals surface area contributed by atoms with Gasteiger partial charge in [0.2, 0.25) is 0 Å². The molecule has 0 saturated heterocycles. The highest BCUT2D eigenvalue weighted by Gasteiger charge is 2.24. The lowest BCUT2D eigenvalue weighted by Crippen LogP contribution is -2.13. The molecule has 0 spiro atoms. The second-order valence-corrected chi connectivity index (χ2v) is 19.1. The van der Waals surface area contributed by atoms with Crippen LogP contribution in [0.15, 0.2) is 112 Å². The van der Waals surface area contributed by atoms with Crippen molar-refractivity contribution < 1.29 is 10.2 Å². The Bertz CT molecular complexity index is 2560. The number of aromatic nitrogens is 6. The molecule has 5 aromatic carbocycles. The molecule has 0 aliphatic rings. The van der Waals surface area contributed by atoms with Gasteiger partial charge >= 0.3 is 0 Å². The number of rotatable bonds is 11. The van der Waals surface area contributed by atoms with Crippen LogP contribution < -0.4 is 0 Å². The summed E-state index contributed by atoms with van der Waals surface area (Å²) in [5.74, 6) is 0.432. The quantitative estimate of drug-likeness (QED) is 0.0988. The number of nitrogens with zero attached hydrogens (tertiary/aromatic N) is 6. The monoisotopic (exact) mass is 782 g/mol. The molecule has 1 atom stereocenters. The van der Waals surface area contributed by atoms with Gasteiger partial charge < -0.3 is 10.2 Å². The average molecular weight is 783 g/mol. The molecule has 0 bridgehead atoms. The largest absolute Gasteiger partial charge is 0.505 e. The van der Waals surface area contributed by atoms with Crippen LogP contribution in [-0.2, 0) is 17.3 Å². The van der Waals surface area contributed by atoms with Crippen LogP contribution in [0, 0.1) is 13.8 Å². The van der Waals surface area contributed by atoms with Gasteiger partial charge in [-0.1, -0.05) is 83.6 Å². The highest BCUT2D eigenvalue weighted by Crippen LogP contribution is 2.38. The van der Waals surface area contributed by atoms with Gasteiger partial charge in [0.05, 0.1) is 0 Å². The number of thioether (sulfide) groups is 1. The molecule has 0 radical (unpaired) electrons. The van der Waals surface area contributed by atoms with Crippen molar-refractivity contribution in [3.8, 4) is 22.9 Å². The topological polar surface area (TPSA) is 102 Å². The number of benzene rings is 5. The van der Waals surface area contributed by atoms with E-state index in [1.165, 1.54) is 5.56 Å². The maximum Gasteiger partial charge on any atom is 0.146 e. The molecule has 10 heteroatoms. The third-order valence-electron chi connectivity index (χ3n) is 9.88. The lowest BCUT2D eigenvalue weighted by atomic mass is 9.85. The van der Waals surface area contributed by atoms with E-state index in [-0.39, 0.29) is 27.6 Å². The van der Waals surface area contributed by atoms with Gasteiger partial charge in [0.1, 0.15) is 44.9 Å². The predicted octanol–water partition coefficient (Wildman–Crippen LogP) is 11.6. The van der Waals surface area contributed by atoms with Crippen LogP contribution in [0.3, 0.4) is 0 Å². The lowest BCUT2D eigenvalue weighted by Gasteiger charge is -2.22. The Morgan fingerprint density at radius 1 is 0.625 bits per heavy atom. The second kappa shape index (κ2) is 15.5. The highest BCUT2D eigenvalue weighted by atomic mass is 32.2. The summed E-state index contributed by atoms with van der Waals surface area (Å²) in [6.07, 6.45) is 5.06. The number of phenolic OH excluding ortho intramolecular Hbond substituents is 2. The Balaban J connectivity index is 0.958.